The Labute approximate surface area is 86.7 Å². The standard InChI is InChI=1S/C7H4BrIN2/c8-5-1-4(3-10)7(11)2-6(5)9/h1-2H,11H2. The monoisotopic (exact) mass is 322 g/mol. The zero-order valence-electron chi connectivity index (χ0n) is 5.44. The molecule has 2 nitrogen and oxygen atoms in total. The third-order valence-electron chi connectivity index (χ3n) is 1.21. The topological polar surface area (TPSA) is 49.8 Å². The highest BCUT2D eigenvalue weighted by atomic mass is 127. The summed E-state index contributed by atoms with van der Waals surface area (Å²) in [6.45, 7) is 0. The molecule has 0 aliphatic carbocycles. The minimum Gasteiger partial charge on any atom is -0.398 e. The number of anilines is 1. The molecule has 0 radical (unpaired) electrons. The number of benzene rings is 1. The van der Waals surface area contributed by atoms with Crippen molar-refractivity contribution in [3.63, 3.8) is 0 Å². The molecule has 0 aromatic heterocycles. The van der Waals surface area contributed by atoms with Crippen LogP contribution in [0.3, 0.4) is 0 Å². The Hall–Kier alpha value is -0.280. The first-order valence-corrected chi connectivity index (χ1v) is 4.67. The number of nitrogens with two attached hydrogens (primary N) is 1. The fourth-order valence-corrected chi connectivity index (χ4v) is 1.49. The van der Waals surface area contributed by atoms with E-state index in [-0.39, 0.29) is 0 Å². The molecule has 4 heteroatoms. The molecule has 0 saturated heterocycles. The lowest BCUT2D eigenvalue weighted by Gasteiger charge is -1.99. The number of hydrogen-bond donors (Lipinski definition) is 1. The number of halogens is 2. The molecule has 1 rings (SSSR count). The third kappa shape index (κ3) is 1.84. The van der Waals surface area contributed by atoms with E-state index in [9.17, 15) is 0 Å². The summed E-state index contributed by atoms with van der Waals surface area (Å²) >= 11 is 5.45. The molecule has 0 unspecified atom stereocenters. The first-order chi connectivity index (χ1) is 5.15. The molecule has 11 heavy (non-hydrogen) atoms. The van der Waals surface area contributed by atoms with Gasteiger partial charge in [-0.3, -0.25) is 0 Å². The summed E-state index contributed by atoms with van der Waals surface area (Å²) in [7, 11) is 0. The molecule has 0 spiro atoms. The average molecular weight is 323 g/mol. The van der Waals surface area contributed by atoms with Crippen LogP contribution in [-0.2, 0) is 0 Å². The predicted molar refractivity (Wildman–Crippen MR) is 56.0 cm³/mol. The Bertz CT molecular complexity index is 330. The molecule has 0 aliphatic heterocycles. The molecule has 0 aliphatic rings. The second-order valence-corrected chi connectivity index (χ2v) is 3.98. The largest absolute Gasteiger partial charge is 0.398 e. The van der Waals surface area contributed by atoms with E-state index in [1.807, 2.05) is 6.07 Å². The van der Waals surface area contributed by atoms with Gasteiger partial charge < -0.3 is 5.73 Å². The highest BCUT2D eigenvalue weighted by Gasteiger charge is 2.02. The van der Waals surface area contributed by atoms with Crippen LogP contribution in [0, 0.1) is 14.9 Å². The molecular formula is C7H4BrIN2. The van der Waals surface area contributed by atoms with Gasteiger partial charge in [-0.25, -0.2) is 0 Å². The number of nitrogen functional groups attached to an aromatic ring is 1. The van der Waals surface area contributed by atoms with Crippen LogP contribution in [0.2, 0.25) is 0 Å². The summed E-state index contributed by atoms with van der Waals surface area (Å²) in [4.78, 5) is 0. The van der Waals surface area contributed by atoms with Crippen molar-refractivity contribution in [3.05, 3.63) is 25.7 Å². The number of nitrogens with zero attached hydrogens (tertiary/aromatic N) is 1. The van der Waals surface area contributed by atoms with Crippen molar-refractivity contribution in [3.8, 4) is 6.07 Å². The van der Waals surface area contributed by atoms with Crippen LogP contribution in [0.5, 0.6) is 0 Å². The molecule has 0 bridgehead atoms. The summed E-state index contributed by atoms with van der Waals surface area (Å²) in [5.74, 6) is 0. The van der Waals surface area contributed by atoms with Gasteiger partial charge in [-0.1, -0.05) is 0 Å². The zero-order chi connectivity index (χ0) is 8.43. The molecule has 1 aromatic rings. The molecule has 2 N–H and O–H groups in total. The van der Waals surface area contributed by atoms with Crippen LogP contribution in [-0.4, -0.2) is 0 Å². The van der Waals surface area contributed by atoms with E-state index < -0.39 is 0 Å². The maximum absolute atomic E-state index is 8.58. The van der Waals surface area contributed by atoms with Crippen molar-refractivity contribution in [2.75, 3.05) is 5.73 Å². The molecular weight excluding hydrogens is 319 g/mol. The van der Waals surface area contributed by atoms with Crippen molar-refractivity contribution >= 4 is 44.2 Å². The lowest BCUT2D eigenvalue weighted by Crippen LogP contribution is -1.91. The Morgan fingerprint density at radius 3 is 2.73 bits per heavy atom. The number of nitriles is 1. The molecule has 0 saturated carbocycles. The Morgan fingerprint density at radius 1 is 1.55 bits per heavy atom. The van der Waals surface area contributed by atoms with Gasteiger partial charge in [0, 0.05) is 8.04 Å². The molecule has 1 aromatic carbocycles. The van der Waals surface area contributed by atoms with Crippen molar-refractivity contribution in [1.82, 2.24) is 0 Å². The Balaban J connectivity index is 3.35. The van der Waals surface area contributed by atoms with E-state index in [1.54, 1.807) is 12.1 Å². The Kier molecular flexibility index (Phi) is 2.73. The first-order valence-electron chi connectivity index (χ1n) is 2.79. The first kappa shape index (κ1) is 8.81. The summed E-state index contributed by atoms with van der Waals surface area (Å²) in [6, 6.07) is 5.49. The second kappa shape index (κ2) is 3.41. The van der Waals surface area contributed by atoms with Gasteiger partial charge in [0.2, 0.25) is 0 Å². The van der Waals surface area contributed by atoms with Gasteiger partial charge in [0.1, 0.15) is 6.07 Å². The van der Waals surface area contributed by atoms with Crippen molar-refractivity contribution in [1.29, 1.82) is 5.26 Å². The summed E-state index contributed by atoms with van der Waals surface area (Å²) < 4.78 is 1.92. The van der Waals surface area contributed by atoms with E-state index in [2.05, 4.69) is 38.5 Å². The van der Waals surface area contributed by atoms with E-state index in [0.29, 0.717) is 11.3 Å². The SMILES string of the molecule is N#Cc1cc(Br)c(I)cc1N. The Morgan fingerprint density at radius 2 is 2.18 bits per heavy atom. The van der Waals surface area contributed by atoms with Crippen LogP contribution in [0.1, 0.15) is 5.56 Å². The van der Waals surface area contributed by atoms with Gasteiger partial charge in [0.05, 0.1) is 11.3 Å². The van der Waals surface area contributed by atoms with Gasteiger partial charge in [-0.2, -0.15) is 5.26 Å². The van der Waals surface area contributed by atoms with Crippen molar-refractivity contribution < 1.29 is 0 Å². The molecule has 0 amide bonds. The summed E-state index contributed by atoms with van der Waals surface area (Å²) in [6.07, 6.45) is 0. The molecule has 56 valence electrons. The highest BCUT2D eigenvalue weighted by molar-refractivity contribution is 14.1. The summed E-state index contributed by atoms with van der Waals surface area (Å²) in [5, 5.41) is 8.58. The fourth-order valence-electron chi connectivity index (χ4n) is 0.659. The fraction of sp³-hybridized carbons (Fsp3) is 0. The quantitative estimate of drug-likeness (QED) is 0.589. The van der Waals surface area contributed by atoms with E-state index >= 15 is 0 Å². The third-order valence-corrected chi connectivity index (χ3v) is 3.50. The molecule has 0 heterocycles. The maximum atomic E-state index is 8.58. The summed E-state index contributed by atoms with van der Waals surface area (Å²) in [5.41, 5.74) is 6.59. The normalized spacial score (nSPS) is 9.18. The van der Waals surface area contributed by atoms with Gasteiger partial charge >= 0.3 is 0 Å². The van der Waals surface area contributed by atoms with Crippen LogP contribution >= 0.6 is 38.5 Å². The zero-order valence-corrected chi connectivity index (χ0v) is 9.18. The lowest BCUT2D eigenvalue weighted by atomic mass is 10.2. The predicted octanol–water partition coefficient (Wildman–Crippen LogP) is 2.51. The minimum atomic E-state index is 0.511. The van der Waals surface area contributed by atoms with Gasteiger partial charge in [-0.15, -0.1) is 0 Å². The maximum Gasteiger partial charge on any atom is 0.101 e. The number of hydrogen-bond acceptors (Lipinski definition) is 2. The van der Waals surface area contributed by atoms with Crippen molar-refractivity contribution in [2.24, 2.45) is 0 Å². The highest BCUT2D eigenvalue weighted by Crippen LogP contribution is 2.24. The number of rotatable bonds is 0. The van der Waals surface area contributed by atoms with Crippen LogP contribution in [0.4, 0.5) is 5.69 Å². The van der Waals surface area contributed by atoms with Gasteiger partial charge in [0.15, 0.2) is 0 Å². The molecule has 0 fully saturated rings. The van der Waals surface area contributed by atoms with E-state index in [1.165, 1.54) is 0 Å². The minimum absolute atomic E-state index is 0.511. The van der Waals surface area contributed by atoms with Crippen LogP contribution in [0.25, 0.3) is 0 Å². The van der Waals surface area contributed by atoms with E-state index in [4.69, 9.17) is 11.0 Å². The second-order valence-electron chi connectivity index (χ2n) is 1.97. The van der Waals surface area contributed by atoms with Crippen LogP contribution in [0.15, 0.2) is 16.6 Å². The van der Waals surface area contributed by atoms with Crippen molar-refractivity contribution in [2.45, 2.75) is 0 Å². The van der Waals surface area contributed by atoms with E-state index in [0.717, 1.165) is 8.04 Å². The van der Waals surface area contributed by atoms with Crippen LogP contribution < -0.4 is 5.73 Å². The average Bonchev–Trinajstić information content (AvgIpc) is 1.97. The molecule has 0 atom stereocenters. The van der Waals surface area contributed by atoms with Gasteiger partial charge in [0.25, 0.3) is 0 Å². The van der Waals surface area contributed by atoms with Gasteiger partial charge in [-0.05, 0) is 50.7 Å². The smallest absolute Gasteiger partial charge is 0.101 e. The lowest BCUT2D eigenvalue weighted by molar-refractivity contribution is 1.46.